The van der Waals surface area contributed by atoms with E-state index in [1.165, 1.54) is 24.8 Å². The van der Waals surface area contributed by atoms with Gasteiger partial charge < -0.3 is 19.3 Å². The van der Waals surface area contributed by atoms with Crippen LogP contribution in [-0.2, 0) is 11.2 Å². The van der Waals surface area contributed by atoms with Crippen LogP contribution < -0.4 is 0 Å². The zero-order valence-electron chi connectivity index (χ0n) is 26.6. The van der Waals surface area contributed by atoms with E-state index in [1.807, 2.05) is 9.80 Å². The molecule has 0 unspecified atom stereocenters. The molecule has 2 aliphatic heterocycles. The quantitative estimate of drug-likeness (QED) is 0.446. The lowest BCUT2D eigenvalue weighted by molar-refractivity contribution is -0.122. The lowest BCUT2D eigenvalue weighted by Crippen LogP contribution is -2.51. The summed E-state index contributed by atoms with van der Waals surface area (Å²) in [5.74, 6) is 3.09. The van der Waals surface area contributed by atoms with Crippen LogP contribution in [0.3, 0.4) is 0 Å². The summed E-state index contributed by atoms with van der Waals surface area (Å²) in [6.45, 7) is 15.4. The largest absolute Gasteiger partial charge is 0.323 e. The standard InChI is InChI=1S/C34H50N6O2/c1-22-7-8-25(23(2)15-22)18-30(41)28-20-39(33(42)38-13-11-37(6)12-14-38)21-29(28)32-36-35-31(40(32)27-9-10-27)26-16-24(17-26)19-34(3,4)5/h7-8,15,24,26-29H,9-14,16-21H2,1-6H3/t24?,26?,28-,29-/m0/s1. The van der Waals surface area contributed by atoms with Crippen molar-refractivity contribution in [3.05, 3.63) is 46.5 Å². The minimum atomic E-state index is -0.272. The Morgan fingerprint density at radius 3 is 2.26 bits per heavy atom. The molecule has 228 valence electrons. The van der Waals surface area contributed by atoms with Crippen molar-refractivity contribution >= 4 is 11.8 Å². The number of carbonyl (C=O) groups is 2. The average molecular weight is 575 g/mol. The van der Waals surface area contributed by atoms with Crippen molar-refractivity contribution in [2.45, 2.75) is 91.0 Å². The second kappa shape index (κ2) is 11.4. The van der Waals surface area contributed by atoms with Gasteiger partial charge in [0.25, 0.3) is 0 Å². The van der Waals surface area contributed by atoms with Gasteiger partial charge in [0.1, 0.15) is 17.4 Å². The highest BCUT2D eigenvalue weighted by atomic mass is 16.2. The van der Waals surface area contributed by atoms with Crippen molar-refractivity contribution in [2.75, 3.05) is 46.3 Å². The third-order valence-corrected chi connectivity index (χ3v) is 10.1. The fourth-order valence-electron chi connectivity index (χ4n) is 7.64. The van der Waals surface area contributed by atoms with Gasteiger partial charge in [-0.25, -0.2) is 4.79 Å². The van der Waals surface area contributed by atoms with Crippen LogP contribution in [0.5, 0.6) is 0 Å². The molecule has 2 saturated heterocycles. The molecule has 2 saturated carbocycles. The second-order valence-electron chi connectivity index (χ2n) is 15.1. The molecular formula is C34H50N6O2. The van der Waals surface area contributed by atoms with E-state index in [1.54, 1.807) is 0 Å². The van der Waals surface area contributed by atoms with Crippen LogP contribution in [0.25, 0.3) is 0 Å². The van der Waals surface area contributed by atoms with Gasteiger partial charge in [0, 0.05) is 69.5 Å². The molecule has 1 aromatic carbocycles. The first-order chi connectivity index (χ1) is 20.0. The molecule has 0 spiro atoms. The van der Waals surface area contributed by atoms with E-state index in [2.05, 4.69) is 69.3 Å². The molecule has 2 atom stereocenters. The maximum absolute atomic E-state index is 14.1. The van der Waals surface area contributed by atoms with E-state index in [0.29, 0.717) is 36.9 Å². The summed E-state index contributed by atoms with van der Waals surface area (Å²) in [7, 11) is 2.10. The number of hydrogen-bond donors (Lipinski definition) is 0. The molecule has 3 heterocycles. The van der Waals surface area contributed by atoms with E-state index < -0.39 is 0 Å². The highest BCUT2D eigenvalue weighted by molar-refractivity contribution is 5.86. The summed E-state index contributed by atoms with van der Waals surface area (Å²) in [5, 5.41) is 9.68. The summed E-state index contributed by atoms with van der Waals surface area (Å²) in [4.78, 5) is 34.0. The van der Waals surface area contributed by atoms with Crippen LogP contribution in [0, 0.1) is 31.1 Å². The van der Waals surface area contributed by atoms with Gasteiger partial charge in [-0.2, -0.15) is 0 Å². The molecule has 1 aromatic heterocycles. The smallest absolute Gasteiger partial charge is 0.320 e. The predicted octanol–water partition coefficient (Wildman–Crippen LogP) is 5.35. The van der Waals surface area contributed by atoms with Crippen molar-refractivity contribution < 1.29 is 9.59 Å². The predicted molar refractivity (Wildman–Crippen MR) is 165 cm³/mol. The van der Waals surface area contributed by atoms with Crippen LogP contribution in [0.15, 0.2) is 18.2 Å². The molecule has 0 radical (unpaired) electrons. The summed E-state index contributed by atoms with van der Waals surface area (Å²) >= 11 is 0. The average Bonchev–Trinajstić information content (AvgIpc) is 3.50. The topological polar surface area (TPSA) is 74.6 Å². The number of piperazine rings is 1. The summed E-state index contributed by atoms with van der Waals surface area (Å²) in [5.41, 5.74) is 3.79. The molecule has 6 rings (SSSR count). The zero-order chi connectivity index (χ0) is 29.8. The Kier molecular flexibility index (Phi) is 7.96. The third-order valence-electron chi connectivity index (χ3n) is 10.1. The van der Waals surface area contributed by atoms with E-state index in [0.717, 1.165) is 67.7 Å². The van der Waals surface area contributed by atoms with E-state index in [9.17, 15) is 9.59 Å². The van der Waals surface area contributed by atoms with Gasteiger partial charge >= 0.3 is 6.03 Å². The number of urea groups is 1. The Bertz CT molecular complexity index is 1310. The van der Waals surface area contributed by atoms with E-state index in [-0.39, 0.29) is 23.7 Å². The number of hydrogen-bond acceptors (Lipinski definition) is 5. The number of carbonyl (C=O) groups excluding carboxylic acids is 2. The molecule has 0 N–H and O–H groups in total. The Labute approximate surface area is 251 Å². The molecule has 8 nitrogen and oxygen atoms in total. The van der Waals surface area contributed by atoms with Crippen molar-refractivity contribution in [3.8, 4) is 0 Å². The normalized spacial score (nSPS) is 26.9. The Morgan fingerprint density at radius 2 is 1.62 bits per heavy atom. The van der Waals surface area contributed by atoms with Gasteiger partial charge in [0.2, 0.25) is 0 Å². The lowest BCUT2D eigenvalue weighted by Gasteiger charge is -2.38. The SMILES string of the molecule is Cc1ccc(CC(=O)[C@H]2CN(C(=O)N3CCN(C)CC3)C[C@@H]2c2nnc(C3CC(CC(C)(C)C)C3)n2C2CC2)c(C)c1. The van der Waals surface area contributed by atoms with Crippen LogP contribution in [0.2, 0.25) is 0 Å². The van der Waals surface area contributed by atoms with Crippen LogP contribution in [0.4, 0.5) is 4.79 Å². The first kappa shape index (κ1) is 29.3. The van der Waals surface area contributed by atoms with Gasteiger partial charge in [0.05, 0.1) is 0 Å². The number of ketones is 1. The summed E-state index contributed by atoms with van der Waals surface area (Å²) in [6, 6.07) is 6.84. The number of rotatable bonds is 7. The number of likely N-dealkylation sites (N-methyl/N-ethyl adjacent to an activating group) is 1. The van der Waals surface area contributed by atoms with Gasteiger partial charge in [-0.3, -0.25) is 4.79 Å². The number of aromatic nitrogens is 3. The minimum Gasteiger partial charge on any atom is -0.323 e. The first-order valence-corrected chi connectivity index (χ1v) is 16.2. The fourth-order valence-corrected chi connectivity index (χ4v) is 7.64. The number of nitrogens with zero attached hydrogens (tertiary/aromatic N) is 6. The van der Waals surface area contributed by atoms with Crippen LogP contribution in [0.1, 0.15) is 99.1 Å². The molecule has 2 amide bonds. The Morgan fingerprint density at radius 1 is 0.929 bits per heavy atom. The van der Waals surface area contributed by atoms with Crippen molar-refractivity contribution in [1.29, 1.82) is 0 Å². The molecule has 4 aliphatic rings. The molecular weight excluding hydrogens is 524 g/mol. The number of benzene rings is 1. The zero-order valence-corrected chi connectivity index (χ0v) is 26.6. The Balaban J connectivity index is 1.26. The number of amides is 2. The number of likely N-dealkylation sites (tertiary alicyclic amines) is 1. The van der Waals surface area contributed by atoms with Crippen molar-refractivity contribution in [1.82, 2.24) is 29.5 Å². The number of aryl methyl sites for hydroxylation is 2. The molecule has 42 heavy (non-hydrogen) atoms. The summed E-state index contributed by atoms with van der Waals surface area (Å²) < 4.78 is 2.42. The van der Waals surface area contributed by atoms with Gasteiger partial charge in [-0.05, 0) is 75.5 Å². The lowest BCUT2D eigenvalue weighted by atomic mass is 9.68. The maximum Gasteiger partial charge on any atom is 0.320 e. The molecule has 4 fully saturated rings. The molecule has 0 bridgehead atoms. The fraction of sp³-hybridized carbons (Fsp3) is 0.706. The molecule has 8 heteroatoms. The highest BCUT2D eigenvalue weighted by Gasteiger charge is 2.47. The van der Waals surface area contributed by atoms with Gasteiger partial charge in [-0.1, -0.05) is 44.5 Å². The van der Waals surface area contributed by atoms with Crippen LogP contribution in [-0.4, -0.2) is 87.6 Å². The molecule has 2 aliphatic carbocycles. The van der Waals surface area contributed by atoms with Gasteiger partial charge in [-0.15, -0.1) is 10.2 Å². The first-order valence-electron chi connectivity index (χ1n) is 16.2. The van der Waals surface area contributed by atoms with Crippen molar-refractivity contribution in [2.24, 2.45) is 17.3 Å². The van der Waals surface area contributed by atoms with E-state index in [4.69, 9.17) is 10.2 Å². The third kappa shape index (κ3) is 6.15. The van der Waals surface area contributed by atoms with Crippen molar-refractivity contribution in [3.63, 3.8) is 0 Å². The molecule has 2 aromatic rings. The second-order valence-corrected chi connectivity index (χ2v) is 15.1. The van der Waals surface area contributed by atoms with Crippen LogP contribution >= 0.6 is 0 Å². The minimum absolute atomic E-state index is 0.0663. The monoisotopic (exact) mass is 574 g/mol. The highest BCUT2D eigenvalue weighted by Crippen LogP contribution is 2.49. The van der Waals surface area contributed by atoms with Gasteiger partial charge in [0.15, 0.2) is 0 Å². The van der Waals surface area contributed by atoms with E-state index >= 15 is 0 Å². The summed E-state index contributed by atoms with van der Waals surface area (Å²) in [6.07, 6.45) is 6.29. The maximum atomic E-state index is 14.1. The Hall–Kier alpha value is -2.74. The number of Topliss-reactive ketones (excluding diaryl/α,β-unsaturated/α-hetero) is 1.